The molecule has 1 aliphatic heterocycles. The van der Waals surface area contributed by atoms with Crippen LogP contribution in [0, 0.1) is 3.57 Å². The summed E-state index contributed by atoms with van der Waals surface area (Å²) in [7, 11) is 0. The molecule has 0 aromatic heterocycles. The molecule has 1 amide bonds. The summed E-state index contributed by atoms with van der Waals surface area (Å²) in [6.45, 7) is 3.17. The molecule has 1 fully saturated rings. The Labute approximate surface area is 113 Å². The topological polar surface area (TPSA) is 58.6 Å². The Bertz CT molecular complexity index is 441. The van der Waals surface area contributed by atoms with Gasteiger partial charge in [-0.15, -0.1) is 0 Å². The van der Waals surface area contributed by atoms with Gasteiger partial charge in [0.05, 0.1) is 15.7 Å². The van der Waals surface area contributed by atoms with Crippen molar-refractivity contribution < 1.29 is 14.6 Å². The summed E-state index contributed by atoms with van der Waals surface area (Å²) < 4.78 is 6.01. The fourth-order valence-corrected chi connectivity index (χ4v) is 2.10. The van der Waals surface area contributed by atoms with E-state index in [4.69, 9.17) is 4.74 Å². The van der Waals surface area contributed by atoms with E-state index < -0.39 is 0 Å². The van der Waals surface area contributed by atoms with Crippen molar-refractivity contribution in [1.29, 1.82) is 0 Å². The molecule has 0 aliphatic carbocycles. The van der Waals surface area contributed by atoms with Crippen LogP contribution in [0.4, 0.5) is 0 Å². The molecule has 1 unspecified atom stereocenters. The molecule has 17 heavy (non-hydrogen) atoms. The van der Waals surface area contributed by atoms with E-state index in [-0.39, 0.29) is 17.2 Å². The van der Waals surface area contributed by atoms with Crippen LogP contribution in [0.5, 0.6) is 5.75 Å². The quantitative estimate of drug-likeness (QED) is 0.804. The van der Waals surface area contributed by atoms with E-state index >= 15 is 0 Å². The van der Waals surface area contributed by atoms with Crippen molar-refractivity contribution in [3.8, 4) is 5.75 Å². The molecule has 5 heteroatoms. The second kappa shape index (κ2) is 4.81. The molecular weight excluding hydrogens is 333 g/mol. The average Bonchev–Trinajstić information content (AvgIpc) is 2.69. The maximum absolute atomic E-state index is 12.0. The molecule has 1 aliphatic rings. The summed E-state index contributed by atoms with van der Waals surface area (Å²) in [5.74, 6) is -0.0456. The SMILES string of the molecule is CC1(NC(=O)c2ccc(I)c(O)c2)CCOC1. The zero-order valence-corrected chi connectivity index (χ0v) is 11.7. The summed E-state index contributed by atoms with van der Waals surface area (Å²) in [5.41, 5.74) is 0.173. The average molecular weight is 347 g/mol. The van der Waals surface area contributed by atoms with Gasteiger partial charge < -0.3 is 15.2 Å². The van der Waals surface area contributed by atoms with Gasteiger partial charge in [-0.1, -0.05) is 0 Å². The first-order valence-electron chi connectivity index (χ1n) is 5.39. The van der Waals surface area contributed by atoms with E-state index in [0.717, 1.165) is 9.99 Å². The number of carbonyl (C=O) groups is 1. The molecule has 1 atom stereocenters. The maximum atomic E-state index is 12.0. The number of amides is 1. The fourth-order valence-electron chi connectivity index (χ4n) is 1.77. The van der Waals surface area contributed by atoms with E-state index in [2.05, 4.69) is 5.32 Å². The molecule has 0 saturated carbocycles. The van der Waals surface area contributed by atoms with E-state index in [1.165, 1.54) is 6.07 Å². The number of nitrogens with one attached hydrogen (secondary N) is 1. The van der Waals surface area contributed by atoms with Gasteiger partial charge in [0.25, 0.3) is 5.91 Å². The van der Waals surface area contributed by atoms with Gasteiger partial charge in [0.2, 0.25) is 0 Å². The highest BCUT2D eigenvalue weighted by Gasteiger charge is 2.31. The van der Waals surface area contributed by atoms with Crippen molar-refractivity contribution in [2.24, 2.45) is 0 Å². The highest BCUT2D eigenvalue weighted by molar-refractivity contribution is 14.1. The lowest BCUT2D eigenvalue weighted by atomic mass is 10.0. The van der Waals surface area contributed by atoms with Gasteiger partial charge in [-0.05, 0) is 54.1 Å². The van der Waals surface area contributed by atoms with Gasteiger partial charge in [0.15, 0.2) is 0 Å². The number of phenolic OH excluding ortho intramolecular Hbond substituents is 1. The van der Waals surface area contributed by atoms with Crippen molar-refractivity contribution >= 4 is 28.5 Å². The number of benzene rings is 1. The smallest absolute Gasteiger partial charge is 0.251 e. The lowest BCUT2D eigenvalue weighted by Gasteiger charge is -2.23. The van der Waals surface area contributed by atoms with E-state index in [0.29, 0.717) is 18.8 Å². The second-order valence-corrected chi connectivity index (χ2v) is 5.65. The number of ether oxygens (including phenoxy) is 1. The van der Waals surface area contributed by atoms with E-state index in [1.54, 1.807) is 12.1 Å². The van der Waals surface area contributed by atoms with Crippen molar-refractivity contribution in [1.82, 2.24) is 5.32 Å². The molecule has 0 spiro atoms. The first kappa shape index (κ1) is 12.6. The Hall–Kier alpha value is -0.820. The van der Waals surface area contributed by atoms with Crippen LogP contribution in [0.2, 0.25) is 0 Å². The molecule has 4 nitrogen and oxygen atoms in total. The molecule has 0 bridgehead atoms. The third-order valence-electron chi connectivity index (χ3n) is 2.84. The van der Waals surface area contributed by atoms with Gasteiger partial charge in [-0.2, -0.15) is 0 Å². The minimum Gasteiger partial charge on any atom is -0.507 e. The number of hydrogen-bond donors (Lipinski definition) is 2. The number of carbonyl (C=O) groups excluding carboxylic acids is 1. The zero-order valence-electron chi connectivity index (χ0n) is 9.50. The molecule has 1 aromatic rings. The predicted molar refractivity (Wildman–Crippen MR) is 72.1 cm³/mol. The normalized spacial score (nSPS) is 23.6. The van der Waals surface area contributed by atoms with Gasteiger partial charge in [-0.25, -0.2) is 0 Å². The lowest BCUT2D eigenvalue weighted by Crippen LogP contribution is -2.46. The third-order valence-corrected chi connectivity index (χ3v) is 3.75. The molecule has 1 heterocycles. The highest BCUT2D eigenvalue weighted by atomic mass is 127. The van der Waals surface area contributed by atoms with Crippen LogP contribution >= 0.6 is 22.6 Å². The minimum absolute atomic E-state index is 0.131. The van der Waals surface area contributed by atoms with Crippen molar-refractivity contribution in [3.05, 3.63) is 27.3 Å². The van der Waals surface area contributed by atoms with Gasteiger partial charge in [0.1, 0.15) is 5.75 Å². The molecule has 1 aromatic carbocycles. The van der Waals surface area contributed by atoms with Crippen molar-refractivity contribution in [2.45, 2.75) is 18.9 Å². The van der Waals surface area contributed by atoms with Crippen LogP contribution in [0.25, 0.3) is 0 Å². The van der Waals surface area contributed by atoms with Crippen LogP contribution in [-0.2, 0) is 4.74 Å². The third kappa shape index (κ3) is 2.90. The molecule has 2 N–H and O–H groups in total. The first-order chi connectivity index (χ1) is 8.00. The van der Waals surface area contributed by atoms with E-state index in [1.807, 2.05) is 29.5 Å². The van der Waals surface area contributed by atoms with Crippen LogP contribution in [0.15, 0.2) is 18.2 Å². The van der Waals surface area contributed by atoms with Gasteiger partial charge in [-0.3, -0.25) is 4.79 Å². The van der Waals surface area contributed by atoms with Gasteiger partial charge >= 0.3 is 0 Å². The Kier molecular flexibility index (Phi) is 3.58. The van der Waals surface area contributed by atoms with Crippen LogP contribution in [0.3, 0.4) is 0 Å². The number of halogens is 1. The predicted octanol–water partition coefficient (Wildman–Crippen LogP) is 1.91. The van der Waals surface area contributed by atoms with Crippen molar-refractivity contribution in [3.63, 3.8) is 0 Å². The van der Waals surface area contributed by atoms with Crippen LogP contribution < -0.4 is 5.32 Å². The minimum atomic E-state index is -0.296. The first-order valence-corrected chi connectivity index (χ1v) is 6.47. The maximum Gasteiger partial charge on any atom is 0.251 e. The molecule has 92 valence electrons. The fraction of sp³-hybridized carbons (Fsp3) is 0.417. The van der Waals surface area contributed by atoms with Gasteiger partial charge in [0, 0.05) is 12.2 Å². The molecule has 1 saturated heterocycles. The summed E-state index contributed by atoms with van der Waals surface area (Å²) in [6, 6.07) is 4.91. The number of aromatic hydroxyl groups is 1. The van der Waals surface area contributed by atoms with E-state index in [9.17, 15) is 9.90 Å². The Balaban J connectivity index is 2.11. The number of rotatable bonds is 2. The van der Waals surface area contributed by atoms with Crippen molar-refractivity contribution in [2.75, 3.05) is 13.2 Å². The highest BCUT2D eigenvalue weighted by Crippen LogP contribution is 2.22. The Morgan fingerprint density at radius 1 is 1.59 bits per heavy atom. The largest absolute Gasteiger partial charge is 0.507 e. The summed E-state index contributed by atoms with van der Waals surface area (Å²) in [6.07, 6.45) is 0.815. The zero-order chi connectivity index (χ0) is 12.5. The molecule has 2 rings (SSSR count). The second-order valence-electron chi connectivity index (χ2n) is 4.48. The van der Waals surface area contributed by atoms with Crippen LogP contribution in [-0.4, -0.2) is 29.8 Å². The number of phenols is 1. The molecular formula is C12H14INO3. The molecule has 0 radical (unpaired) electrons. The number of hydrogen-bond acceptors (Lipinski definition) is 3. The lowest BCUT2D eigenvalue weighted by molar-refractivity contribution is 0.0889. The standard InChI is InChI=1S/C12H14INO3/c1-12(4-5-17-7-12)14-11(16)8-2-3-9(13)10(15)6-8/h2-3,6,15H,4-5,7H2,1H3,(H,14,16). The summed E-state index contributed by atoms with van der Waals surface area (Å²) in [5, 5.41) is 12.5. The monoisotopic (exact) mass is 347 g/mol. The Morgan fingerprint density at radius 3 is 2.94 bits per heavy atom. The summed E-state index contributed by atoms with van der Waals surface area (Å²) in [4.78, 5) is 12.0. The van der Waals surface area contributed by atoms with Crippen LogP contribution in [0.1, 0.15) is 23.7 Å². The summed E-state index contributed by atoms with van der Waals surface area (Å²) >= 11 is 2.02. The Morgan fingerprint density at radius 2 is 2.35 bits per heavy atom.